The van der Waals surface area contributed by atoms with Gasteiger partial charge in [-0.05, 0) is 53.9 Å². The van der Waals surface area contributed by atoms with Gasteiger partial charge >= 0.3 is 0 Å². The van der Waals surface area contributed by atoms with E-state index in [0.717, 1.165) is 22.2 Å². The topological polar surface area (TPSA) is 82.2 Å². The van der Waals surface area contributed by atoms with Crippen LogP contribution < -0.4 is 21.3 Å². The fourth-order valence-electron chi connectivity index (χ4n) is 3.86. The van der Waals surface area contributed by atoms with Gasteiger partial charge in [0, 0.05) is 23.7 Å². The fraction of sp³-hybridized carbons (Fsp3) is 0.192. The number of hydrazine groups is 2. The molecule has 3 heterocycles. The van der Waals surface area contributed by atoms with E-state index < -0.39 is 11.7 Å². The number of carbonyl (C=O) groups excluding carboxylic acids is 1. The molecule has 2 aromatic carbocycles. The summed E-state index contributed by atoms with van der Waals surface area (Å²) in [7, 11) is 0. The Labute approximate surface area is 197 Å². The second-order valence-corrected chi connectivity index (χ2v) is 8.72. The number of halogens is 1. The molecule has 8 heteroatoms. The summed E-state index contributed by atoms with van der Waals surface area (Å²) in [6, 6.07) is 18.4. The number of benzene rings is 2. The first kappa shape index (κ1) is 21.8. The number of nitrogens with zero attached hydrogens (tertiary/aromatic N) is 3. The average molecular weight is 457 g/mol. The molecule has 0 saturated carbocycles. The van der Waals surface area contributed by atoms with Crippen LogP contribution in [0.1, 0.15) is 29.8 Å². The largest absolute Gasteiger partial charge is 0.352 e. The first-order valence-corrected chi connectivity index (χ1v) is 11.2. The van der Waals surface area contributed by atoms with Crippen LogP contribution in [0, 0.1) is 11.7 Å². The summed E-state index contributed by atoms with van der Waals surface area (Å²) in [4.78, 5) is 21.4. The van der Waals surface area contributed by atoms with E-state index in [0.29, 0.717) is 36.1 Å². The summed E-state index contributed by atoms with van der Waals surface area (Å²) < 4.78 is 14.7. The summed E-state index contributed by atoms with van der Waals surface area (Å²) in [6.07, 6.45) is 1.78. The molecule has 0 atom stereocenters. The van der Waals surface area contributed by atoms with Gasteiger partial charge in [0.25, 0.3) is 5.91 Å². The monoisotopic (exact) mass is 456 g/mol. The zero-order valence-electron chi connectivity index (χ0n) is 19.0. The Kier molecular flexibility index (Phi) is 5.81. The molecule has 172 valence electrons. The molecule has 1 aliphatic heterocycles. The molecule has 0 spiro atoms. The lowest BCUT2D eigenvalue weighted by Crippen LogP contribution is -2.35. The highest BCUT2D eigenvalue weighted by atomic mass is 19.1. The molecular weight excluding hydrogens is 431 g/mol. The van der Waals surface area contributed by atoms with Crippen LogP contribution in [-0.4, -0.2) is 22.4 Å². The Hall–Kier alpha value is -4.04. The number of nitrogens with one attached hydrogen (secondary N) is 3. The summed E-state index contributed by atoms with van der Waals surface area (Å²) in [5.74, 6) is 0.0186. The summed E-state index contributed by atoms with van der Waals surface area (Å²) in [6.45, 7) is 5.05. The van der Waals surface area contributed by atoms with Gasteiger partial charge < -0.3 is 10.7 Å². The van der Waals surface area contributed by atoms with Gasteiger partial charge in [0.1, 0.15) is 5.82 Å². The first-order valence-electron chi connectivity index (χ1n) is 11.2. The number of pyridine rings is 2. The zero-order chi connectivity index (χ0) is 23.7. The van der Waals surface area contributed by atoms with Crippen LogP contribution in [-0.2, 0) is 6.54 Å². The molecule has 1 aliphatic rings. The number of aromatic nitrogens is 2. The molecule has 1 amide bonds. The molecule has 0 unspecified atom stereocenters. The van der Waals surface area contributed by atoms with E-state index in [-0.39, 0.29) is 5.56 Å². The standard InChI is InChI=1S/C26H25FN6O/c1-16(2)14-29-26(34)20-7-6-19(13-21(20)27)23-9-10-24-25(30-23)33(32-31-24)15-17-5-8-22-18(12-17)4-3-11-28-22/h3-13,16,31-32H,14-15H2,1-2H3,(H,29,34). The van der Waals surface area contributed by atoms with Crippen molar-refractivity contribution >= 4 is 28.3 Å². The fourth-order valence-corrected chi connectivity index (χ4v) is 3.86. The SMILES string of the molecule is CC(C)CNC(=O)c1ccc(-c2ccc3c(n2)N(Cc2ccc4ncccc4c2)NN3)cc1F. The second kappa shape index (κ2) is 9.07. The van der Waals surface area contributed by atoms with Crippen molar-refractivity contribution in [3.63, 3.8) is 0 Å². The van der Waals surface area contributed by atoms with Gasteiger partial charge in [-0.15, -0.1) is 5.53 Å². The molecule has 0 radical (unpaired) electrons. The lowest BCUT2D eigenvalue weighted by Gasteiger charge is -2.17. The van der Waals surface area contributed by atoms with Gasteiger partial charge in [-0.2, -0.15) is 0 Å². The molecule has 34 heavy (non-hydrogen) atoms. The molecular formula is C26H25FN6O. The Morgan fingerprint density at radius 3 is 2.82 bits per heavy atom. The van der Waals surface area contributed by atoms with Crippen molar-refractivity contribution in [3.05, 3.63) is 83.8 Å². The van der Waals surface area contributed by atoms with Crippen molar-refractivity contribution in [1.29, 1.82) is 0 Å². The van der Waals surface area contributed by atoms with Crippen LogP contribution in [0.5, 0.6) is 0 Å². The van der Waals surface area contributed by atoms with E-state index in [1.165, 1.54) is 12.1 Å². The number of fused-ring (bicyclic) bond motifs is 2. The molecule has 2 aromatic heterocycles. The van der Waals surface area contributed by atoms with Gasteiger partial charge in [-0.25, -0.2) is 9.37 Å². The number of hydrogen-bond donors (Lipinski definition) is 3. The van der Waals surface area contributed by atoms with Gasteiger partial charge in [0.05, 0.1) is 29.0 Å². The summed E-state index contributed by atoms with van der Waals surface area (Å²) >= 11 is 0. The van der Waals surface area contributed by atoms with E-state index in [1.807, 2.05) is 55.3 Å². The van der Waals surface area contributed by atoms with E-state index in [9.17, 15) is 9.18 Å². The van der Waals surface area contributed by atoms with E-state index in [1.54, 1.807) is 12.3 Å². The summed E-state index contributed by atoms with van der Waals surface area (Å²) in [5, 5.41) is 5.73. The number of carbonyl (C=O) groups is 1. The molecule has 0 bridgehead atoms. The third-order valence-corrected chi connectivity index (χ3v) is 5.64. The molecule has 5 rings (SSSR count). The third-order valence-electron chi connectivity index (χ3n) is 5.64. The van der Waals surface area contributed by atoms with Crippen molar-refractivity contribution in [1.82, 2.24) is 20.8 Å². The van der Waals surface area contributed by atoms with Crippen molar-refractivity contribution in [2.75, 3.05) is 17.0 Å². The highest BCUT2D eigenvalue weighted by Crippen LogP contribution is 2.32. The number of amides is 1. The smallest absolute Gasteiger partial charge is 0.254 e. The summed E-state index contributed by atoms with van der Waals surface area (Å²) in [5.41, 5.74) is 10.4. The number of hydrogen-bond acceptors (Lipinski definition) is 6. The van der Waals surface area contributed by atoms with E-state index >= 15 is 0 Å². The average Bonchev–Trinajstić information content (AvgIpc) is 3.24. The van der Waals surface area contributed by atoms with Gasteiger partial charge in [0.15, 0.2) is 5.82 Å². The maximum Gasteiger partial charge on any atom is 0.254 e. The Balaban J connectivity index is 1.38. The van der Waals surface area contributed by atoms with Crippen LogP contribution in [0.4, 0.5) is 15.9 Å². The van der Waals surface area contributed by atoms with Crippen molar-refractivity contribution < 1.29 is 9.18 Å². The zero-order valence-corrected chi connectivity index (χ0v) is 19.0. The minimum absolute atomic E-state index is 0.0290. The van der Waals surface area contributed by atoms with Crippen LogP contribution in [0.2, 0.25) is 0 Å². The predicted molar refractivity (Wildman–Crippen MR) is 131 cm³/mol. The Bertz CT molecular complexity index is 1370. The maximum atomic E-state index is 14.7. The predicted octanol–water partition coefficient (Wildman–Crippen LogP) is 4.67. The van der Waals surface area contributed by atoms with Crippen LogP contribution in [0.3, 0.4) is 0 Å². The third kappa shape index (κ3) is 4.40. The van der Waals surface area contributed by atoms with E-state index in [2.05, 4.69) is 27.3 Å². The molecule has 0 saturated heterocycles. The number of anilines is 2. The van der Waals surface area contributed by atoms with Gasteiger partial charge in [0.2, 0.25) is 0 Å². The highest BCUT2D eigenvalue weighted by Gasteiger charge is 2.22. The molecule has 0 aliphatic carbocycles. The van der Waals surface area contributed by atoms with Crippen molar-refractivity contribution in [2.24, 2.45) is 5.92 Å². The van der Waals surface area contributed by atoms with Crippen LogP contribution in [0.15, 0.2) is 66.9 Å². The number of rotatable bonds is 6. The molecule has 7 nitrogen and oxygen atoms in total. The lowest BCUT2D eigenvalue weighted by molar-refractivity contribution is 0.0945. The quantitative estimate of drug-likeness (QED) is 0.391. The lowest BCUT2D eigenvalue weighted by atomic mass is 10.1. The Morgan fingerprint density at radius 1 is 1.12 bits per heavy atom. The minimum atomic E-state index is -0.570. The van der Waals surface area contributed by atoms with Crippen molar-refractivity contribution in [3.8, 4) is 11.3 Å². The second-order valence-electron chi connectivity index (χ2n) is 8.72. The van der Waals surface area contributed by atoms with Crippen LogP contribution >= 0.6 is 0 Å². The first-order chi connectivity index (χ1) is 16.5. The minimum Gasteiger partial charge on any atom is -0.352 e. The Morgan fingerprint density at radius 2 is 2.00 bits per heavy atom. The van der Waals surface area contributed by atoms with Gasteiger partial charge in [-0.3, -0.25) is 14.8 Å². The van der Waals surface area contributed by atoms with E-state index in [4.69, 9.17) is 4.98 Å². The molecule has 0 fully saturated rings. The van der Waals surface area contributed by atoms with Gasteiger partial charge in [-0.1, -0.05) is 32.0 Å². The highest BCUT2D eigenvalue weighted by molar-refractivity contribution is 5.95. The van der Waals surface area contributed by atoms with Crippen molar-refractivity contribution in [2.45, 2.75) is 20.4 Å². The molecule has 3 N–H and O–H groups in total. The molecule has 4 aromatic rings. The normalized spacial score (nSPS) is 12.6. The van der Waals surface area contributed by atoms with Crippen LogP contribution in [0.25, 0.3) is 22.2 Å². The maximum absolute atomic E-state index is 14.7.